The highest BCUT2D eigenvalue weighted by Crippen LogP contribution is 2.17. The second-order valence-corrected chi connectivity index (χ2v) is 4.17. The highest BCUT2D eigenvalue weighted by atomic mass is 35.5. The van der Waals surface area contributed by atoms with Crippen LogP contribution in [0.4, 0.5) is 0 Å². The van der Waals surface area contributed by atoms with Gasteiger partial charge in [-0.15, -0.1) is 0 Å². The largest absolute Gasteiger partial charge is 0.294 e. The van der Waals surface area contributed by atoms with Crippen molar-refractivity contribution in [3.63, 3.8) is 0 Å². The Morgan fingerprint density at radius 2 is 1.82 bits per heavy atom. The molecule has 0 aliphatic heterocycles. The van der Waals surface area contributed by atoms with E-state index in [2.05, 4.69) is 4.98 Å². The van der Waals surface area contributed by atoms with E-state index in [-0.39, 0.29) is 5.78 Å². The van der Waals surface area contributed by atoms with Crippen molar-refractivity contribution < 1.29 is 4.79 Å². The molecule has 0 radical (unpaired) electrons. The third kappa shape index (κ3) is 3.14. The van der Waals surface area contributed by atoms with Gasteiger partial charge in [0, 0.05) is 24.4 Å². The maximum absolute atomic E-state index is 11.9. The topological polar surface area (TPSA) is 30.0 Å². The molecule has 0 fully saturated rings. The summed E-state index contributed by atoms with van der Waals surface area (Å²) >= 11 is 5.97. The zero-order valence-corrected chi connectivity index (χ0v) is 10.0. The average Bonchev–Trinajstić information content (AvgIpc) is 2.38. The minimum Gasteiger partial charge on any atom is -0.294 e. The highest BCUT2D eigenvalue weighted by molar-refractivity contribution is 6.33. The summed E-state index contributed by atoms with van der Waals surface area (Å²) in [7, 11) is 0. The van der Waals surface area contributed by atoms with Gasteiger partial charge in [-0.2, -0.15) is 0 Å². The van der Waals surface area contributed by atoms with Gasteiger partial charge in [0.15, 0.2) is 5.78 Å². The van der Waals surface area contributed by atoms with Crippen molar-refractivity contribution >= 4 is 17.4 Å². The van der Waals surface area contributed by atoms with Crippen LogP contribution in [0.5, 0.6) is 0 Å². The standard InChI is InChI=1S/C14H12ClNO/c15-13-4-2-1-3-12(13)14(17)6-5-11-7-9-16-10-8-11/h1-4,7-10H,5-6H2. The zero-order chi connectivity index (χ0) is 12.1. The van der Waals surface area contributed by atoms with Crippen LogP contribution in [-0.4, -0.2) is 10.8 Å². The second-order valence-electron chi connectivity index (χ2n) is 3.76. The minimum absolute atomic E-state index is 0.0763. The van der Waals surface area contributed by atoms with Gasteiger partial charge in [0.2, 0.25) is 0 Å². The van der Waals surface area contributed by atoms with E-state index >= 15 is 0 Å². The van der Waals surface area contributed by atoms with Gasteiger partial charge < -0.3 is 0 Å². The van der Waals surface area contributed by atoms with Gasteiger partial charge >= 0.3 is 0 Å². The maximum Gasteiger partial charge on any atom is 0.164 e. The van der Waals surface area contributed by atoms with E-state index in [9.17, 15) is 4.79 Å². The van der Waals surface area contributed by atoms with Crippen molar-refractivity contribution in [2.24, 2.45) is 0 Å². The Kier molecular flexibility index (Phi) is 3.89. The first-order chi connectivity index (χ1) is 8.27. The molecule has 2 nitrogen and oxygen atoms in total. The monoisotopic (exact) mass is 245 g/mol. The first kappa shape index (κ1) is 11.8. The van der Waals surface area contributed by atoms with Gasteiger partial charge in [-0.1, -0.05) is 23.7 Å². The van der Waals surface area contributed by atoms with Crippen LogP contribution < -0.4 is 0 Å². The predicted molar refractivity (Wildman–Crippen MR) is 68.3 cm³/mol. The summed E-state index contributed by atoms with van der Waals surface area (Å²) in [4.78, 5) is 15.9. The lowest BCUT2D eigenvalue weighted by atomic mass is 10.0. The molecule has 0 unspecified atom stereocenters. The van der Waals surface area contributed by atoms with Crippen molar-refractivity contribution in [3.05, 3.63) is 64.9 Å². The molecular formula is C14H12ClNO. The summed E-state index contributed by atoms with van der Waals surface area (Å²) in [6, 6.07) is 11.0. The van der Waals surface area contributed by atoms with Gasteiger partial charge in [0.05, 0.1) is 5.02 Å². The summed E-state index contributed by atoms with van der Waals surface area (Å²) in [5, 5.41) is 0.521. The summed E-state index contributed by atoms with van der Waals surface area (Å²) in [5.41, 5.74) is 1.71. The van der Waals surface area contributed by atoms with Crippen molar-refractivity contribution in [2.75, 3.05) is 0 Å². The predicted octanol–water partition coefficient (Wildman–Crippen LogP) is 3.55. The van der Waals surface area contributed by atoms with Crippen molar-refractivity contribution in [1.29, 1.82) is 0 Å². The fourth-order valence-electron chi connectivity index (χ4n) is 1.63. The molecular weight excluding hydrogens is 234 g/mol. The summed E-state index contributed by atoms with van der Waals surface area (Å²) < 4.78 is 0. The quantitative estimate of drug-likeness (QED) is 0.771. The number of rotatable bonds is 4. The Morgan fingerprint density at radius 3 is 2.53 bits per heavy atom. The normalized spacial score (nSPS) is 10.2. The summed E-state index contributed by atoms with van der Waals surface area (Å²) in [5.74, 6) is 0.0763. The Bertz CT molecular complexity index is 511. The number of aromatic nitrogens is 1. The number of ketones is 1. The molecule has 0 bridgehead atoms. The van der Waals surface area contributed by atoms with Crippen LogP contribution in [0.15, 0.2) is 48.8 Å². The molecule has 0 saturated heterocycles. The number of hydrogen-bond acceptors (Lipinski definition) is 2. The van der Waals surface area contributed by atoms with Gasteiger partial charge in [0.25, 0.3) is 0 Å². The SMILES string of the molecule is O=C(CCc1ccncc1)c1ccccc1Cl. The summed E-state index contributed by atoms with van der Waals surface area (Å²) in [6.45, 7) is 0. The molecule has 17 heavy (non-hydrogen) atoms. The van der Waals surface area contributed by atoms with E-state index in [1.165, 1.54) is 0 Å². The number of nitrogens with zero attached hydrogens (tertiary/aromatic N) is 1. The molecule has 0 saturated carbocycles. The van der Waals surface area contributed by atoms with Crippen LogP contribution in [0, 0.1) is 0 Å². The third-order valence-electron chi connectivity index (χ3n) is 2.56. The molecule has 1 heterocycles. The highest BCUT2D eigenvalue weighted by Gasteiger charge is 2.09. The van der Waals surface area contributed by atoms with Gasteiger partial charge in [0.1, 0.15) is 0 Å². The molecule has 0 aliphatic rings. The first-order valence-electron chi connectivity index (χ1n) is 5.44. The average molecular weight is 246 g/mol. The number of carbonyl (C=O) groups excluding carboxylic acids is 1. The zero-order valence-electron chi connectivity index (χ0n) is 9.27. The molecule has 1 aromatic heterocycles. The molecule has 86 valence electrons. The van der Waals surface area contributed by atoms with E-state index < -0.39 is 0 Å². The smallest absolute Gasteiger partial charge is 0.164 e. The molecule has 0 N–H and O–H groups in total. The fraction of sp³-hybridized carbons (Fsp3) is 0.143. The molecule has 1 aromatic carbocycles. The van der Waals surface area contributed by atoms with E-state index in [4.69, 9.17) is 11.6 Å². The molecule has 2 aromatic rings. The van der Waals surface area contributed by atoms with Crippen LogP contribution in [0.1, 0.15) is 22.3 Å². The number of benzene rings is 1. The number of aryl methyl sites for hydroxylation is 1. The van der Waals surface area contributed by atoms with Gasteiger partial charge in [-0.3, -0.25) is 9.78 Å². The number of pyridine rings is 1. The lowest BCUT2D eigenvalue weighted by Gasteiger charge is -2.03. The molecule has 0 amide bonds. The number of halogens is 1. The van der Waals surface area contributed by atoms with Gasteiger partial charge in [-0.05, 0) is 36.2 Å². The lowest BCUT2D eigenvalue weighted by molar-refractivity contribution is 0.0983. The summed E-state index contributed by atoms with van der Waals surface area (Å²) in [6.07, 6.45) is 4.64. The molecule has 0 atom stereocenters. The van der Waals surface area contributed by atoms with E-state index in [1.807, 2.05) is 24.3 Å². The van der Waals surface area contributed by atoms with Crippen LogP contribution in [0.2, 0.25) is 5.02 Å². The Morgan fingerprint density at radius 1 is 1.12 bits per heavy atom. The van der Waals surface area contributed by atoms with Crippen LogP contribution in [0.25, 0.3) is 0 Å². The lowest BCUT2D eigenvalue weighted by Crippen LogP contribution is -2.01. The van der Waals surface area contributed by atoms with Gasteiger partial charge in [-0.25, -0.2) is 0 Å². The van der Waals surface area contributed by atoms with Crippen LogP contribution in [-0.2, 0) is 6.42 Å². The fourth-order valence-corrected chi connectivity index (χ4v) is 1.87. The van der Waals surface area contributed by atoms with E-state index in [0.29, 0.717) is 23.4 Å². The number of hydrogen-bond donors (Lipinski definition) is 0. The first-order valence-corrected chi connectivity index (χ1v) is 5.82. The second kappa shape index (κ2) is 5.60. The van der Waals surface area contributed by atoms with Crippen molar-refractivity contribution in [3.8, 4) is 0 Å². The maximum atomic E-state index is 11.9. The molecule has 0 aliphatic carbocycles. The van der Waals surface area contributed by atoms with E-state index in [0.717, 1.165) is 5.56 Å². The van der Waals surface area contributed by atoms with E-state index in [1.54, 1.807) is 24.5 Å². The Labute approximate surface area is 105 Å². The van der Waals surface area contributed by atoms with Crippen molar-refractivity contribution in [1.82, 2.24) is 4.98 Å². The third-order valence-corrected chi connectivity index (χ3v) is 2.89. The minimum atomic E-state index is 0.0763. The number of carbonyl (C=O) groups is 1. The van der Waals surface area contributed by atoms with Crippen LogP contribution in [0.3, 0.4) is 0 Å². The molecule has 0 spiro atoms. The van der Waals surface area contributed by atoms with Crippen LogP contribution >= 0.6 is 11.6 Å². The van der Waals surface area contributed by atoms with Crippen molar-refractivity contribution in [2.45, 2.75) is 12.8 Å². The Hall–Kier alpha value is -1.67. The molecule has 3 heteroatoms. The number of Topliss-reactive ketones (excluding diaryl/α,β-unsaturated/α-hetero) is 1. The molecule has 2 rings (SSSR count). The Balaban J connectivity index is 2.01.